The molecule has 0 aromatic carbocycles. The van der Waals surface area contributed by atoms with E-state index in [1.807, 2.05) is 20.8 Å². The van der Waals surface area contributed by atoms with E-state index in [2.05, 4.69) is 10.6 Å². The summed E-state index contributed by atoms with van der Waals surface area (Å²) in [5.74, 6) is 0.643. The van der Waals surface area contributed by atoms with Crippen molar-refractivity contribution >= 4 is 6.09 Å². The molecule has 0 spiro atoms. The summed E-state index contributed by atoms with van der Waals surface area (Å²) in [6.45, 7) is 7.93. The third-order valence-corrected chi connectivity index (χ3v) is 4.46. The molecule has 5 heteroatoms. The maximum absolute atomic E-state index is 11.9. The largest absolute Gasteiger partial charge is 0.444 e. The Labute approximate surface area is 134 Å². The fraction of sp³-hybridized carbons (Fsp3) is 0.941. The van der Waals surface area contributed by atoms with Crippen LogP contribution in [-0.2, 0) is 9.47 Å². The molecular weight excluding hydrogens is 280 g/mol. The highest BCUT2D eigenvalue weighted by molar-refractivity contribution is 5.67. The minimum Gasteiger partial charge on any atom is -0.444 e. The Morgan fingerprint density at radius 3 is 2.55 bits per heavy atom. The predicted molar refractivity (Wildman–Crippen MR) is 87.0 cm³/mol. The van der Waals surface area contributed by atoms with Crippen molar-refractivity contribution in [3.63, 3.8) is 0 Å². The van der Waals surface area contributed by atoms with Gasteiger partial charge in [-0.25, -0.2) is 4.79 Å². The summed E-state index contributed by atoms with van der Waals surface area (Å²) in [5, 5.41) is 6.65. The van der Waals surface area contributed by atoms with E-state index in [0.717, 1.165) is 19.6 Å². The Kier molecular flexibility index (Phi) is 6.50. The highest BCUT2D eigenvalue weighted by Gasteiger charge is 2.28. The number of hydrogen-bond acceptors (Lipinski definition) is 4. The summed E-state index contributed by atoms with van der Waals surface area (Å²) >= 11 is 0. The fourth-order valence-electron chi connectivity index (χ4n) is 3.37. The molecule has 2 unspecified atom stereocenters. The van der Waals surface area contributed by atoms with Crippen LogP contribution >= 0.6 is 0 Å². The van der Waals surface area contributed by atoms with Gasteiger partial charge in [0, 0.05) is 25.2 Å². The van der Waals surface area contributed by atoms with Gasteiger partial charge in [0.05, 0.1) is 6.61 Å². The van der Waals surface area contributed by atoms with Crippen LogP contribution in [0.3, 0.4) is 0 Å². The summed E-state index contributed by atoms with van der Waals surface area (Å²) in [6, 6.07) is 0.742. The second kappa shape index (κ2) is 8.16. The quantitative estimate of drug-likeness (QED) is 0.819. The lowest BCUT2D eigenvalue weighted by molar-refractivity contribution is 0.0514. The van der Waals surface area contributed by atoms with Crippen LogP contribution < -0.4 is 10.6 Å². The number of rotatable bonds is 5. The first-order valence-electron chi connectivity index (χ1n) is 8.75. The van der Waals surface area contributed by atoms with E-state index in [0.29, 0.717) is 24.5 Å². The fourth-order valence-corrected chi connectivity index (χ4v) is 3.37. The van der Waals surface area contributed by atoms with Crippen LogP contribution in [0.4, 0.5) is 4.79 Å². The molecule has 0 bridgehead atoms. The average molecular weight is 312 g/mol. The molecule has 2 atom stereocenters. The monoisotopic (exact) mass is 312 g/mol. The third-order valence-electron chi connectivity index (χ3n) is 4.46. The zero-order valence-electron chi connectivity index (χ0n) is 14.3. The molecule has 1 saturated heterocycles. The topological polar surface area (TPSA) is 59.6 Å². The Morgan fingerprint density at radius 1 is 1.23 bits per heavy atom. The standard InChI is InChI=1S/C17H32N2O3/c1-17(2,3)22-16(20)18-11-15(13-7-5-4-6-8-13)19-14-9-10-21-12-14/h13-15,19H,4-12H2,1-3H3,(H,18,20). The number of nitrogens with one attached hydrogen (secondary N) is 2. The molecule has 2 fully saturated rings. The maximum Gasteiger partial charge on any atom is 0.407 e. The molecule has 0 radical (unpaired) electrons. The van der Waals surface area contributed by atoms with Gasteiger partial charge in [-0.15, -0.1) is 0 Å². The Hall–Kier alpha value is -0.810. The van der Waals surface area contributed by atoms with Gasteiger partial charge in [-0.2, -0.15) is 0 Å². The molecule has 2 aliphatic rings. The van der Waals surface area contributed by atoms with Gasteiger partial charge >= 0.3 is 6.09 Å². The Morgan fingerprint density at radius 2 is 1.95 bits per heavy atom. The summed E-state index contributed by atoms with van der Waals surface area (Å²) in [7, 11) is 0. The number of carbonyl (C=O) groups is 1. The van der Waals surface area contributed by atoms with E-state index in [9.17, 15) is 4.79 Å². The normalized spacial score (nSPS) is 25.0. The lowest BCUT2D eigenvalue weighted by Crippen LogP contribution is -2.50. The second-order valence-electron chi connectivity index (χ2n) is 7.61. The molecule has 128 valence electrons. The Balaban J connectivity index is 1.84. The molecule has 5 nitrogen and oxygen atoms in total. The zero-order valence-corrected chi connectivity index (χ0v) is 14.3. The van der Waals surface area contributed by atoms with Gasteiger partial charge in [-0.1, -0.05) is 19.3 Å². The number of carbonyl (C=O) groups excluding carboxylic acids is 1. The van der Waals surface area contributed by atoms with Crippen molar-refractivity contribution in [2.45, 2.75) is 77.0 Å². The summed E-state index contributed by atoms with van der Waals surface area (Å²) in [4.78, 5) is 11.9. The molecule has 1 saturated carbocycles. The number of hydrogen-bond donors (Lipinski definition) is 2. The van der Waals surface area contributed by atoms with E-state index >= 15 is 0 Å². The van der Waals surface area contributed by atoms with Crippen molar-refractivity contribution in [1.82, 2.24) is 10.6 Å². The van der Waals surface area contributed by atoms with E-state index in [-0.39, 0.29) is 6.09 Å². The average Bonchev–Trinajstić information content (AvgIpc) is 2.95. The summed E-state index contributed by atoms with van der Waals surface area (Å²) < 4.78 is 10.8. The molecule has 1 aliphatic heterocycles. The van der Waals surface area contributed by atoms with Gasteiger partial charge in [-0.05, 0) is 46.0 Å². The highest BCUT2D eigenvalue weighted by atomic mass is 16.6. The van der Waals surface area contributed by atoms with Crippen molar-refractivity contribution in [3.8, 4) is 0 Å². The van der Waals surface area contributed by atoms with E-state index in [1.165, 1.54) is 32.1 Å². The lowest BCUT2D eigenvalue weighted by atomic mass is 9.83. The van der Waals surface area contributed by atoms with E-state index < -0.39 is 5.60 Å². The SMILES string of the molecule is CC(C)(C)OC(=O)NCC(NC1CCOC1)C1CCCCC1. The molecule has 0 aromatic heterocycles. The molecule has 2 N–H and O–H groups in total. The van der Waals surface area contributed by atoms with Gasteiger partial charge in [0.1, 0.15) is 5.60 Å². The molecule has 1 heterocycles. The van der Waals surface area contributed by atoms with Gasteiger partial charge in [-0.3, -0.25) is 0 Å². The van der Waals surface area contributed by atoms with Gasteiger partial charge in [0.2, 0.25) is 0 Å². The molecule has 0 aromatic rings. The highest BCUT2D eigenvalue weighted by Crippen LogP contribution is 2.27. The number of alkyl carbamates (subject to hydrolysis) is 1. The van der Waals surface area contributed by atoms with Crippen LogP contribution in [0.25, 0.3) is 0 Å². The van der Waals surface area contributed by atoms with E-state index in [1.54, 1.807) is 0 Å². The van der Waals surface area contributed by atoms with Crippen LogP contribution in [0, 0.1) is 5.92 Å². The van der Waals surface area contributed by atoms with Gasteiger partial charge < -0.3 is 20.1 Å². The molecule has 22 heavy (non-hydrogen) atoms. The van der Waals surface area contributed by atoms with Crippen molar-refractivity contribution < 1.29 is 14.3 Å². The van der Waals surface area contributed by atoms with Crippen molar-refractivity contribution in [2.75, 3.05) is 19.8 Å². The molecule has 1 amide bonds. The Bertz CT molecular complexity index is 342. The first-order valence-corrected chi connectivity index (χ1v) is 8.75. The molecule has 2 rings (SSSR count). The smallest absolute Gasteiger partial charge is 0.407 e. The molecular formula is C17H32N2O3. The predicted octanol–water partition coefficient (Wildman–Crippen LogP) is 2.84. The van der Waals surface area contributed by atoms with Crippen LogP contribution in [0.2, 0.25) is 0 Å². The van der Waals surface area contributed by atoms with Crippen LogP contribution in [0.15, 0.2) is 0 Å². The van der Waals surface area contributed by atoms with Crippen molar-refractivity contribution in [3.05, 3.63) is 0 Å². The lowest BCUT2D eigenvalue weighted by Gasteiger charge is -2.33. The maximum atomic E-state index is 11.9. The first-order chi connectivity index (χ1) is 10.4. The van der Waals surface area contributed by atoms with Crippen LogP contribution in [0.1, 0.15) is 59.3 Å². The second-order valence-corrected chi connectivity index (χ2v) is 7.61. The van der Waals surface area contributed by atoms with Crippen molar-refractivity contribution in [1.29, 1.82) is 0 Å². The number of amides is 1. The van der Waals surface area contributed by atoms with Gasteiger partial charge in [0.15, 0.2) is 0 Å². The number of ether oxygens (including phenoxy) is 2. The van der Waals surface area contributed by atoms with E-state index in [4.69, 9.17) is 9.47 Å². The summed E-state index contributed by atoms with van der Waals surface area (Å²) in [6.07, 6.45) is 7.19. The first kappa shape index (κ1) is 17.5. The molecule has 1 aliphatic carbocycles. The van der Waals surface area contributed by atoms with Crippen molar-refractivity contribution in [2.24, 2.45) is 5.92 Å². The van der Waals surface area contributed by atoms with Crippen LogP contribution in [-0.4, -0.2) is 43.5 Å². The van der Waals surface area contributed by atoms with Gasteiger partial charge in [0.25, 0.3) is 0 Å². The van der Waals surface area contributed by atoms with Crippen LogP contribution in [0.5, 0.6) is 0 Å². The summed E-state index contributed by atoms with van der Waals surface area (Å²) in [5.41, 5.74) is -0.447. The third kappa shape index (κ3) is 6.13. The minimum atomic E-state index is -0.447. The minimum absolute atomic E-state index is 0.319. The zero-order chi connectivity index (χ0) is 16.0.